The minimum absolute atomic E-state index is 0.169. The van der Waals surface area contributed by atoms with Crippen molar-refractivity contribution in [3.8, 4) is 0 Å². The van der Waals surface area contributed by atoms with Gasteiger partial charge in [0.15, 0.2) is 0 Å². The fourth-order valence-electron chi connectivity index (χ4n) is 1.76. The molecule has 0 aliphatic carbocycles. The Morgan fingerprint density at radius 2 is 1.59 bits per heavy atom. The van der Waals surface area contributed by atoms with E-state index in [4.69, 9.17) is 5.11 Å². The Kier molecular flexibility index (Phi) is 5.66. The molecule has 1 aromatic carbocycles. The van der Waals surface area contributed by atoms with Gasteiger partial charge >= 0.3 is 0 Å². The van der Waals surface area contributed by atoms with Crippen LogP contribution in [0.4, 0.5) is 0 Å². The Morgan fingerprint density at radius 1 is 1.06 bits per heavy atom. The maximum absolute atomic E-state index is 9.12. The van der Waals surface area contributed by atoms with E-state index in [2.05, 4.69) is 36.5 Å². The standard InChI is InChI=1S/C15H25NO/c1-4-5-13-6-8-14(9-7-13)10-11-16-15(2,3)12-17/h6-9,16-17H,4-5,10-12H2,1-3H3. The summed E-state index contributed by atoms with van der Waals surface area (Å²) in [5.41, 5.74) is 2.59. The van der Waals surface area contributed by atoms with Gasteiger partial charge in [0.05, 0.1) is 6.61 Å². The van der Waals surface area contributed by atoms with E-state index < -0.39 is 0 Å². The van der Waals surface area contributed by atoms with Gasteiger partial charge in [0, 0.05) is 5.54 Å². The van der Waals surface area contributed by atoms with Crippen LogP contribution in [0.15, 0.2) is 24.3 Å². The molecule has 0 spiro atoms. The highest BCUT2D eigenvalue weighted by atomic mass is 16.3. The topological polar surface area (TPSA) is 32.3 Å². The maximum Gasteiger partial charge on any atom is 0.0607 e. The zero-order valence-corrected chi connectivity index (χ0v) is 11.3. The molecule has 2 N–H and O–H groups in total. The van der Waals surface area contributed by atoms with Crippen molar-refractivity contribution >= 4 is 0 Å². The Labute approximate surface area is 105 Å². The molecule has 0 fully saturated rings. The molecule has 1 aromatic rings. The van der Waals surface area contributed by atoms with E-state index in [1.165, 1.54) is 17.5 Å². The molecule has 2 heteroatoms. The highest BCUT2D eigenvalue weighted by Crippen LogP contribution is 2.07. The van der Waals surface area contributed by atoms with Crippen LogP contribution in [0, 0.1) is 0 Å². The van der Waals surface area contributed by atoms with Crippen LogP contribution in [-0.2, 0) is 12.8 Å². The molecule has 0 radical (unpaired) electrons. The average molecular weight is 235 g/mol. The number of nitrogens with one attached hydrogen (secondary N) is 1. The summed E-state index contributed by atoms with van der Waals surface area (Å²) in [4.78, 5) is 0. The van der Waals surface area contributed by atoms with E-state index in [-0.39, 0.29) is 12.1 Å². The lowest BCUT2D eigenvalue weighted by Crippen LogP contribution is -2.43. The fraction of sp³-hybridized carbons (Fsp3) is 0.600. The van der Waals surface area contributed by atoms with Crippen LogP contribution in [0.25, 0.3) is 0 Å². The lowest BCUT2D eigenvalue weighted by atomic mass is 10.0. The van der Waals surface area contributed by atoms with Crippen LogP contribution in [0.1, 0.15) is 38.3 Å². The second-order valence-electron chi connectivity index (χ2n) is 5.29. The van der Waals surface area contributed by atoms with E-state index in [9.17, 15) is 0 Å². The van der Waals surface area contributed by atoms with E-state index >= 15 is 0 Å². The number of aryl methyl sites for hydroxylation is 1. The molecular weight excluding hydrogens is 210 g/mol. The molecule has 0 saturated heterocycles. The van der Waals surface area contributed by atoms with Gasteiger partial charge in [-0.2, -0.15) is 0 Å². The minimum atomic E-state index is -0.178. The molecule has 0 amide bonds. The van der Waals surface area contributed by atoms with Crippen molar-refractivity contribution < 1.29 is 5.11 Å². The molecule has 0 saturated carbocycles. The molecule has 0 aliphatic rings. The molecule has 0 aliphatic heterocycles. The normalized spacial score (nSPS) is 11.8. The predicted molar refractivity (Wildman–Crippen MR) is 73.3 cm³/mol. The van der Waals surface area contributed by atoms with Crippen LogP contribution in [-0.4, -0.2) is 23.8 Å². The van der Waals surface area contributed by atoms with Gasteiger partial charge in [-0.25, -0.2) is 0 Å². The summed E-state index contributed by atoms with van der Waals surface area (Å²) in [6.07, 6.45) is 3.37. The summed E-state index contributed by atoms with van der Waals surface area (Å²) in [5, 5.41) is 12.5. The van der Waals surface area contributed by atoms with E-state index in [1.807, 2.05) is 13.8 Å². The van der Waals surface area contributed by atoms with E-state index in [0.717, 1.165) is 19.4 Å². The van der Waals surface area contributed by atoms with Crippen molar-refractivity contribution in [2.75, 3.05) is 13.2 Å². The van der Waals surface area contributed by atoms with Gasteiger partial charge in [0.25, 0.3) is 0 Å². The van der Waals surface area contributed by atoms with Crippen molar-refractivity contribution in [1.82, 2.24) is 5.32 Å². The van der Waals surface area contributed by atoms with Gasteiger partial charge in [0.1, 0.15) is 0 Å². The van der Waals surface area contributed by atoms with Crippen molar-refractivity contribution in [3.05, 3.63) is 35.4 Å². The Balaban J connectivity index is 2.37. The second kappa shape index (κ2) is 6.77. The molecule has 2 nitrogen and oxygen atoms in total. The molecule has 1 rings (SSSR count). The van der Waals surface area contributed by atoms with Gasteiger partial charge < -0.3 is 10.4 Å². The van der Waals surface area contributed by atoms with Gasteiger partial charge in [-0.1, -0.05) is 37.6 Å². The molecule has 0 unspecified atom stereocenters. The predicted octanol–water partition coefficient (Wildman–Crippen LogP) is 2.54. The average Bonchev–Trinajstić information content (AvgIpc) is 2.32. The fourth-order valence-corrected chi connectivity index (χ4v) is 1.76. The van der Waals surface area contributed by atoms with Gasteiger partial charge in [-0.15, -0.1) is 0 Å². The van der Waals surface area contributed by atoms with Crippen molar-refractivity contribution in [1.29, 1.82) is 0 Å². The first kappa shape index (κ1) is 14.2. The maximum atomic E-state index is 9.12. The smallest absolute Gasteiger partial charge is 0.0607 e. The van der Waals surface area contributed by atoms with Gasteiger partial charge in [-0.3, -0.25) is 0 Å². The number of hydrogen-bond donors (Lipinski definition) is 2. The van der Waals surface area contributed by atoms with Crippen LogP contribution < -0.4 is 5.32 Å². The number of rotatable bonds is 7. The molecule has 17 heavy (non-hydrogen) atoms. The Bertz CT molecular complexity index is 316. The van der Waals surface area contributed by atoms with E-state index in [0.29, 0.717) is 0 Å². The largest absolute Gasteiger partial charge is 0.394 e. The first-order valence-corrected chi connectivity index (χ1v) is 6.51. The number of aliphatic hydroxyl groups is 1. The third kappa shape index (κ3) is 5.33. The van der Waals surface area contributed by atoms with E-state index in [1.54, 1.807) is 0 Å². The summed E-state index contributed by atoms with van der Waals surface area (Å²) in [6.45, 7) is 7.30. The highest BCUT2D eigenvalue weighted by molar-refractivity contribution is 5.22. The SMILES string of the molecule is CCCc1ccc(CCNC(C)(C)CO)cc1. The second-order valence-corrected chi connectivity index (χ2v) is 5.29. The zero-order valence-electron chi connectivity index (χ0n) is 11.3. The lowest BCUT2D eigenvalue weighted by Gasteiger charge is -2.23. The summed E-state index contributed by atoms with van der Waals surface area (Å²) >= 11 is 0. The number of benzene rings is 1. The molecular formula is C15H25NO. The van der Waals surface area contributed by atoms with Crippen molar-refractivity contribution in [2.24, 2.45) is 0 Å². The number of aliphatic hydroxyl groups excluding tert-OH is 1. The monoisotopic (exact) mass is 235 g/mol. The van der Waals surface area contributed by atoms with Crippen LogP contribution >= 0.6 is 0 Å². The van der Waals surface area contributed by atoms with Gasteiger partial charge in [-0.05, 0) is 44.4 Å². The van der Waals surface area contributed by atoms with Gasteiger partial charge in [0.2, 0.25) is 0 Å². The quantitative estimate of drug-likeness (QED) is 0.761. The summed E-state index contributed by atoms with van der Waals surface area (Å²) in [7, 11) is 0. The van der Waals surface area contributed by atoms with Crippen molar-refractivity contribution in [2.45, 2.75) is 45.6 Å². The molecule has 0 atom stereocenters. The summed E-state index contributed by atoms with van der Waals surface area (Å²) in [6, 6.07) is 8.85. The first-order chi connectivity index (χ1) is 8.07. The van der Waals surface area contributed by atoms with Crippen molar-refractivity contribution in [3.63, 3.8) is 0 Å². The van der Waals surface area contributed by atoms with Crippen LogP contribution in [0.2, 0.25) is 0 Å². The van der Waals surface area contributed by atoms with Crippen LogP contribution in [0.5, 0.6) is 0 Å². The summed E-state index contributed by atoms with van der Waals surface area (Å²) < 4.78 is 0. The third-order valence-corrected chi connectivity index (χ3v) is 2.97. The molecule has 96 valence electrons. The summed E-state index contributed by atoms with van der Waals surface area (Å²) in [5.74, 6) is 0. The van der Waals surface area contributed by atoms with Crippen LogP contribution in [0.3, 0.4) is 0 Å². The lowest BCUT2D eigenvalue weighted by molar-refractivity contribution is 0.189. The minimum Gasteiger partial charge on any atom is -0.394 e. The third-order valence-electron chi connectivity index (χ3n) is 2.97. The molecule has 0 heterocycles. The molecule has 0 aromatic heterocycles. The zero-order chi connectivity index (χ0) is 12.7. The highest BCUT2D eigenvalue weighted by Gasteiger charge is 2.14. The number of hydrogen-bond acceptors (Lipinski definition) is 2. The first-order valence-electron chi connectivity index (χ1n) is 6.51. The Hall–Kier alpha value is -0.860. The Morgan fingerprint density at radius 3 is 2.06 bits per heavy atom. The molecule has 0 bridgehead atoms.